The van der Waals surface area contributed by atoms with E-state index in [1.54, 1.807) is 4.57 Å². The molecule has 0 spiro atoms. The van der Waals surface area contributed by atoms with Gasteiger partial charge in [0, 0.05) is 21.7 Å². The molecule has 1 fully saturated rings. The lowest BCUT2D eigenvalue weighted by molar-refractivity contribution is -0.102. The fourth-order valence-electron chi connectivity index (χ4n) is 3.06. The van der Waals surface area contributed by atoms with Gasteiger partial charge in [-0.2, -0.15) is 4.98 Å². The van der Waals surface area contributed by atoms with Crippen molar-refractivity contribution in [2.45, 2.75) is 19.1 Å². The molecule has 0 N–H and O–H groups in total. The summed E-state index contributed by atoms with van der Waals surface area (Å²) < 4.78 is 19.5. The number of halogens is 1. The predicted molar refractivity (Wildman–Crippen MR) is 96.4 cm³/mol. The Labute approximate surface area is 152 Å². The highest BCUT2D eigenvalue weighted by Gasteiger charge is 2.20. The molecule has 2 aliphatic heterocycles. The van der Waals surface area contributed by atoms with Crippen LogP contribution in [0.2, 0.25) is 0 Å². The van der Waals surface area contributed by atoms with Crippen molar-refractivity contribution in [3.8, 4) is 17.1 Å². The van der Waals surface area contributed by atoms with Crippen LogP contribution in [0, 0.1) is 3.57 Å². The molecule has 0 bridgehead atoms. The lowest BCUT2D eigenvalue weighted by Gasteiger charge is -2.24. The summed E-state index contributed by atoms with van der Waals surface area (Å²) in [6.07, 6.45) is 0.724. The van der Waals surface area contributed by atoms with Crippen LogP contribution in [0.3, 0.4) is 0 Å². The second-order valence-corrected chi connectivity index (χ2v) is 7.09. The molecule has 0 unspecified atom stereocenters. The molecular weight excluding hydrogens is 423 g/mol. The number of benzene rings is 1. The van der Waals surface area contributed by atoms with Gasteiger partial charge in [0.2, 0.25) is 5.88 Å². The van der Waals surface area contributed by atoms with Crippen molar-refractivity contribution in [2.75, 3.05) is 26.4 Å². The first-order valence-corrected chi connectivity index (χ1v) is 9.01. The summed E-state index contributed by atoms with van der Waals surface area (Å²) in [5.74, 6) is 0.340. The standard InChI is InChI=1S/C17H17IN2O4/c18-12-1-2-14-11(7-12)3-4-20-15(14)8-16(19-17(20)21)24-10-13-9-22-5-6-23-13/h1-2,7-8,13H,3-6,9-10H2/t13-/m1/s1. The average Bonchev–Trinajstić information content (AvgIpc) is 2.60. The SMILES string of the molecule is O=c1nc(OC[C@H]2COCCO2)cc2n1CCc1cc(I)ccc1-2. The van der Waals surface area contributed by atoms with Crippen molar-refractivity contribution in [2.24, 2.45) is 0 Å². The molecule has 7 heteroatoms. The van der Waals surface area contributed by atoms with E-state index in [0.29, 0.717) is 38.9 Å². The third kappa shape index (κ3) is 3.20. The monoisotopic (exact) mass is 440 g/mol. The zero-order chi connectivity index (χ0) is 16.5. The molecule has 0 amide bonds. The fourth-order valence-corrected chi connectivity index (χ4v) is 3.62. The number of ether oxygens (including phenoxy) is 3. The molecule has 2 aromatic rings. The van der Waals surface area contributed by atoms with Crippen molar-refractivity contribution < 1.29 is 14.2 Å². The Kier molecular flexibility index (Phi) is 4.55. The van der Waals surface area contributed by atoms with Gasteiger partial charge >= 0.3 is 5.69 Å². The number of hydrogen-bond acceptors (Lipinski definition) is 5. The molecule has 1 atom stereocenters. The molecule has 6 nitrogen and oxygen atoms in total. The Morgan fingerprint density at radius 1 is 1.33 bits per heavy atom. The second-order valence-electron chi connectivity index (χ2n) is 5.84. The number of fused-ring (bicyclic) bond motifs is 3. The quantitative estimate of drug-likeness (QED) is 0.683. The molecule has 126 valence electrons. The molecule has 2 aliphatic rings. The largest absolute Gasteiger partial charge is 0.475 e. The third-order valence-electron chi connectivity index (χ3n) is 4.24. The van der Waals surface area contributed by atoms with E-state index in [1.165, 1.54) is 9.13 Å². The van der Waals surface area contributed by atoms with Gasteiger partial charge in [-0.3, -0.25) is 4.57 Å². The van der Waals surface area contributed by atoms with E-state index in [0.717, 1.165) is 17.7 Å². The maximum Gasteiger partial charge on any atom is 0.351 e. The smallest absolute Gasteiger partial charge is 0.351 e. The van der Waals surface area contributed by atoms with Crippen LogP contribution in [0.25, 0.3) is 11.3 Å². The van der Waals surface area contributed by atoms with Crippen LogP contribution in [-0.4, -0.2) is 42.1 Å². The summed E-state index contributed by atoms with van der Waals surface area (Å²) in [4.78, 5) is 16.4. The number of nitrogens with zero attached hydrogens (tertiary/aromatic N) is 2. The van der Waals surface area contributed by atoms with E-state index in [-0.39, 0.29) is 11.8 Å². The number of aromatic nitrogens is 2. The zero-order valence-corrected chi connectivity index (χ0v) is 15.2. The molecule has 4 rings (SSSR count). The highest BCUT2D eigenvalue weighted by molar-refractivity contribution is 14.1. The number of aryl methyl sites for hydroxylation is 1. The van der Waals surface area contributed by atoms with Crippen LogP contribution in [0.1, 0.15) is 5.56 Å². The van der Waals surface area contributed by atoms with Crippen molar-refractivity contribution in [1.29, 1.82) is 0 Å². The van der Waals surface area contributed by atoms with E-state index in [9.17, 15) is 4.79 Å². The molecule has 1 saturated heterocycles. The minimum absolute atomic E-state index is 0.117. The van der Waals surface area contributed by atoms with Gasteiger partial charge in [0.25, 0.3) is 0 Å². The Hall–Kier alpha value is -1.45. The molecule has 3 heterocycles. The maximum absolute atomic E-state index is 12.3. The highest BCUT2D eigenvalue weighted by atomic mass is 127. The number of rotatable bonds is 3. The van der Waals surface area contributed by atoms with Crippen molar-refractivity contribution in [3.05, 3.63) is 43.9 Å². The summed E-state index contributed by atoms with van der Waals surface area (Å²) in [6.45, 7) is 2.67. The summed E-state index contributed by atoms with van der Waals surface area (Å²) in [7, 11) is 0. The van der Waals surface area contributed by atoms with E-state index in [1.807, 2.05) is 12.1 Å². The minimum Gasteiger partial charge on any atom is -0.475 e. The van der Waals surface area contributed by atoms with Gasteiger partial charge < -0.3 is 14.2 Å². The van der Waals surface area contributed by atoms with Crippen molar-refractivity contribution in [1.82, 2.24) is 9.55 Å². The lowest BCUT2D eigenvalue weighted by atomic mass is 9.98. The first-order chi connectivity index (χ1) is 11.7. The third-order valence-corrected chi connectivity index (χ3v) is 4.91. The van der Waals surface area contributed by atoms with Gasteiger partial charge in [0.1, 0.15) is 12.7 Å². The van der Waals surface area contributed by atoms with E-state index < -0.39 is 0 Å². The van der Waals surface area contributed by atoms with Crippen LogP contribution in [0.4, 0.5) is 0 Å². The Morgan fingerprint density at radius 3 is 3.08 bits per heavy atom. The van der Waals surface area contributed by atoms with Crippen LogP contribution in [0.5, 0.6) is 5.88 Å². The first kappa shape index (κ1) is 16.0. The van der Waals surface area contributed by atoms with E-state index in [2.05, 4.69) is 39.7 Å². The van der Waals surface area contributed by atoms with E-state index >= 15 is 0 Å². The summed E-state index contributed by atoms with van der Waals surface area (Å²) in [5.41, 5.74) is 2.92. The first-order valence-electron chi connectivity index (χ1n) is 7.93. The molecule has 1 aromatic carbocycles. The van der Waals surface area contributed by atoms with Gasteiger partial charge in [-0.15, -0.1) is 0 Å². The fraction of sp³-hybridized carbons (Fsp3) is 0.412. The molecule has 0 aliphatic carbocycles. The molecule has 0 radical (unpaired) electrons. The highest BCUT2D eigenvalue weighted by Crippen LogP contribution is 2.30. The van der Waals surface area contributed by atoms with Gasteiger partial charge in [-0.05, 0) is 46.7 Å². The zero-order valence-electron chi connectivity index (χ0n) is 13.0. The second kappa shape index (κ2) is 6.81. The van der Waals surface area contributed by atoms with Crippen LogP contribution in [0.15, 0.2) is 29.1 Å². The van der Waals surface area contributed by atoms with E-state index in [4.69, 9.17) is 14.2 Å². The summed E-state index contributed by atoms with van der Waals surface area (Å²) in [6, 6.07) is 8.12. The van der Waals surface area contributed by atoms with Crippen molar-refractivity contribution >= 4 is 22.6 Å². The normalized spacial score (nSPS) is 19.5. The lowest BCUT2D eigenvalue weighted by Crippen LogP contribution is -2.34. The Bertz CT molecular complexity index is 815. The molecule has 0 saturated carbocycles. The van der Waals surface area contributed by atoms with Crippen molar-refractivity contribution in [3.63, 3.8) is 0 Å². The average molecular weight is 440 g/mol. The molecule has 24 heavy (non-hydrogen) atoms. The van der Waals surface area contributed by atoms with Crippen LogP contribution >= 0.6 is 22.6 Å². The summed E-state index contributed by atoms with van der Waals surface area (Å²) in [5, 5.41) is 0. The Balaban J connectivity index is 1.62. The topological polar surface area (TPSA) is 62.6 Å². The van der Waals surface area contributed by atoms with Gasteiger partial charge in [-0.1, -0.05) is 6.07 Å². The minimum atomic E-state index is -0.271. The Morgan fingerprint density at radius 2 is 2.25 bits per heavy atom. The van der Waals surface area contributed by atoms with Gasteiger partial charge in [-0.25, -0.2) is 4.79 Å². The predicted octanol–water partition coefficient (Wildman–Crippen LogP) is 1.87. The molecular formula is C17H17IN2O4. The van der Waals surface area contributed by atoms with Gasteiger partial charge in [0.15, 0.2) is 0 Å². The van der Waals surface area contributed by atoms with Crippen LogP contribution in [-0.2, 0) is 22.4 Å². The number of hydrogen-bond donors (Lipinski definition) is 0. The van der Waals surface area contributed by atoms with Crippen LogP contribution < -0.4 is 10.4 Å². The summed E-state index contributed by atoms with van der Waals surface area (Å²) >= 11 is 2.31. The molecule has 1 aromatic heterocycles. The van der Waals surface area contributed by atoms with Gasteiger partial charge in [0.05, 0.1) is 25.5 Å². The maximum atomic E-state index is 12.3.